The van der Waals surface area contributed by atoms with Crippen molar-refractivity contribution in [2.24, 2.45) is 0 Å². The first-order valence-electron chi connectivity index (χ1n) is 5.48. The number of anilines is 1. The Morgan fingerprint density at radius 3 is 2.83 bits per heavy atom. The second kappa shape index (κ2) is 4.29. The number of rotatable bonds is 2. The topological polar surface area (TPSA) is 70.7 Å². The Kier molecular flexibility index (Phi) is 2.49. The first kappa shape index (κ1) is 10.5. The second-order valence-corrected chi connectivity index (χ2v) is 3.83. The minimum Gasteiger partial charge on any atom is -0.322 e. The zero-order chi connectivity index (χ0) is 12.4. The van der Waals surface area contributed by atoms with E-state index in [2.05, 4.69) is 20.5 Å². The van der Waals surface area contributed by atoms with Crippen molar-refractivity contribution in [2.75, 3.05) is 5.32 Å². The van der Waals surface area contributed by atoms with E-state index in [1.165, 1.54) is 0 Å². The number of hydrogen-bond donors (Lipinski definition) is 2. The Balaban J connectivity index is 1.95. The van der Waals surface area contributed by atoms with Crippen LogP contribution < -0.4 is 5.32 Å². The largest absolute Gasteiger partial charge is 0.322 e. The quantitative estimate of drug-likeness (QED) is 0.719. The summed E-state index contributed by atoms with van der Waals surface area (Å²) >= 11 is 0. The zero-order valence-corrected chi connectivity index (χ0v) is 9.42. The van der Waals surface area contributed by atoms with E-state index in [0.717, 1.165) is 16.6 Å². The summed E-state index contributed by atoms with van der Waals surface area (Å²) < 4.78 is 0. The van der Waals surface area contributed by atoms with Crippen LogP contribution in [0.1, 0.15) is 10.4 Å². The predicted octanol–water partition coefficient (Wildman–Crippen LogP) is 2.21. The van der Waals surface area contributed by atoms with Gasteiger partial charge in [0.2, 0.25) is 0 Å². The van der Waals surface area contributed by atoms with Crippen molar-refractivity contribution in [1.82, 2.24) is 15.2 Å². The predicted molar refractivity (Wildman–Crippen MR) is 68.3 cm³/mol. The molecule has 0 radical (unpaired) electrons. The number of fused-ring (bicyclic) bond motifs is 1. The van der Waals surface area contributed by atoms with Gasteiger partial charge in [0, 0.05) is 23.5 Å². The van der Waals surface area contributed by atoms with Crippen LogP contribution in [0.3, 0.4) is 0 Å². The lowest BCUT2D eigenvalue weighted by molar-refractivity contribution is 0.102. The first-order valence-corrected chi connectivity index (χ1v) is 5.48. The van der Waals surface area contributed by atoms with Crippen molar-refractivity contribution >= 4 is 22.5 Å². The molecule has 0 bridgehead atoms. The molecule has 2 aromatic heterocycles. The summed E-state index contributed by atoms with van der Waals surface area (Å²) in [5.41, 5.74) is 2.16. The van der Waals surface area contributed by atoms with Gasteiger partial charge in [-0.3, -0.25) is 14.9 Å². The highest BCUT2D eigenvalue weighted by Crippen LogP contribution is 2.17. The minimum absolute atomic E-state index is 0.159. The molecule has 2 heterocycles. The SMILES string of the molecule is O=C(Nc1ccncc1)c1cccc2[nH]ncc12. The van der Waals surface area contributed by atoms with Crippen molar-refractivity contribution in [2.45, 2.75) is 0 Å². The van der Waals surface area contributed by atoms with Gasteiger partial charge in [-0.25, -0.2) is 0 Å². The number of carbonyl (C=O) groups excluding carboxylic acids is 1. The fourth-order valence-electron chi connectivity index (χ4n) is 1.80. The highest BCUT2D eigenvalue weighted by Gasteiger charge is 2.10. The molecule has 0 atom stereocenters. The van der Waals surface area contributed by atoms with Crippen LogP contribution in [0.2, 0.25) is 0 Å². The molecular formula is C13H10N4O. The number of H-pyrrole nitrogens is 1. The van der Waals surface area contributed by atoms with Crippen molar-refractivity contribution in [3.63, 3.8) is 0 Å². The molecule has 5 heteroatoms. The van der Waals surface area contributed by atoms with E-state index < -0.39 is 0 Å². The highest BCUT2D eigenvalue weighted by molar-refractivity contribution is 6.12. The molecule has 0 aliphatic heterocycles. The summed E-state index contributed by atoms with van der Waals surface area (Å²) in [5, 5.41) is 10.4. The fraction of sp³-hybridized carbons (Fsp3) is 0. The van der Waals surface area contributed by atoms with Crippen LogP contribution in [-0.2, 0) is 0 Å². The molecule has 3 rings (SSSR count). The van der Waals surface area contributed by atoms with E-state index >= 15 is 0 Å². The normalized spacial score (nSPS) is 10.4. The Hall–Kier alpha value is -2.69. The maximum atomic E-state index is 12.2. The molecule has 0 unspecified atom stereocenters. The van der Waals surface area contributed by atoms with Crippen LogP contribution >= 0.6 is 0 Å². The van der Waals surface area contributed by atoms with Crippen molar-refractivity contribution < 1.29 is 4.79 Å². The summed E-state index contributed by atoms with van der Waals surface area (Å²) in [6.45, 7) is 0. The maximum absolute atomic E-state index is 12.2. The van der Waals surface area contributed by atoms with Gasteiger partial charge in [-0.2, -0.15) is 5.10 Å². The number of benzene rings is 1. The smallest absolute Gasteiger partial charge is 0.256 e. The molecule has 2 N–H and O–H groups in total. The number of nitrogens with zero attached hydrogens (tertiary/aromatic N) is 2. The van der Waals surface area contributed by atoms with Gasteiger partial charge in [0.15, 0.2) is 0 Å². The first-order chi connectivity index (χ1) is 8.84. The number of nitrogens with one attached hydrogen (secondary N) is 2. The van der Waals surface area contributed by atoms with Gasteiger partial charge in [-0.1, -0.05) is 6.07 Å². The molecule has 0 saturated heterocycles. The Morgan fingerprint density at radius 2 is 2.00 bits per heavy atom. The van der Waals surface area contributed by atoms with Crippen LogP contribution in [0.4, 0.5) is 5.69 Å². The lowest BCUT2D eigenvalue weighted by Gasteiger charge is -2.05. The molecule has 88 valence electrons. The molecule has 18 heavy (non-hydrogen) atoms. The lowest BCUT2D eigenvalue weighted by Crippen LogP contribution is -2.12. The molecule has 0 aliphatic carbocycles. The molecule has 0 aliphatic rings. The molecule has 0 spiro atoms. The molecule has 0 fully saturated rings. The third kappa shape index (κ3) is 1.82. The van der Waals surface area contributed by atoms with E-state index in [1.54, 1.807) is 36.8 Å². The number of pyridine rings is 1. The molecule has 1 aromatic carbocycles. The monoisotopic (exact) mass is 238 g/mol. The van der Waals surface area contributed by atoms with Gasteiger partial charge in [0.05, 0.1) is 17.3 Å². The molecule has 1 amide bonds. The minimum atomic E-state index is -0.159. The number of amides is 1. The maximum Gasteiger partial charge on any atom is 0.256 e. The van der Waals surface area contributed by atoms with E-state index in [-0.39, 0.29) is 5.91 Å². The van der Waals surface area contributed by atoms with Gasteiger partial charge in [0.25, 0.3) is 5.91 Å². The van der Waals surface area contributed by atoms with Crippen LogP contribution in [0.5, 0.6) is 0 Å². The van der Waals surface area contributed by atoms with Gasteiger partial charge >= 0.3 is 0 Å². The zero-order valence-electron chi connectivity index (χ0n) is 9.42. The third-order valence-electron chi connectivity index (χ3n) is 2.67. The van der Waals surface area contributed by atoms with Crippen LogP contribution in [-0.4, -0.2) is 21.1 Å². The highest BCUT2D eigenvalue weighted by atomic mass is 16.1. The molecule has 5 nitrogen and oxygen atoms in total. The van der Waals surface area contributed by atoms with E-state index in [4.69, 9.17) is 0 Å². The summed E-state index contributed by atoms with van der Waals surface area (Å²) in [4.78, 5) is 16.1. The van der Waals surface area contributed by atoms with E-state index in [1.807, 2.05) is 12.1 Å². The fourth-order valence-corrected chi connectivity index (χ4v) is 1.80. The van der Waals surface area contributed by atoms with E-state index in [9.17, 15) is 4.79 Å². The van der Waals surface area contributed by atoms with E-state index in [0.29, 0.717) is 5.56 Å². The Labute approximate surface area is 103 Å². The molecule has 3 aromatic rings. The molecule has 0 saturated carbocycles. The third-order valence-corrected chi connectivity index (χ3v) is 2.67. The number of aromatic nitrogens is 3. The number of hydrogen-bond acceptors (Lipinski definition) is 3. The van der Waals surface area contributed by atoms with Crippen molar-refractivity contribution in [3.8, 4) is 0 Å². The van der Waals surface area contributed by atoms with Gasteiger partial charge in [-0.05, 0) is 24.3 Å². The number of carbonyl (C=O) groups is 1. The average Bonchev–Trinajstić information content (AvgIpc) is 2.87. The number of aromatic amines is 1. The summed E-state index contributed by atoms with van der Waals surface area (Å²) in [7, 11) is 0. The van der Waals surface area contributed by atoms with Gasteiger partial charge < -0.3 is 5.32 Å². The van der Waals surface area contributed by atoms with Crippen LogP contribution in [0, 0.1) is 0 Å². The second-order valence-electron chi connectivity index (χ2n) is 3.83. The van der Waals surface area contributed by atoms with Crippen LogP contribution in [0.15, 0.2) is 48.9 Å². The summed E-state index contributed by atoms with van der Waals surface area (Å²) in [6.07, 6.45) is 4.92. The average molecular weight is 238 g/mol. The van der Waals surface area contributed by atoms with Gasteiger partial charge in [0.1, 0.15) is 0 Å². The summed E-state index contributed by atoms with van der Waals surface area (Å²) in [5.74, 6) is -0.159. The Morgan fingerprint density at radius 1 is 1.17 bits per heavy atom. The van der Waals surface area contributed by atoms with Crippen LogP contribution in [0.25, 0.3) is 10.9 Å². The molecular weight excluding hydrogens is 228 g/mol. The standard InChI is InChI=1S/C13H10N4O/c18-13(16-9-4-6-14-7-5-9)10-2-1-3-12-11(10)8-15-17-12/h1-8H,(H,15,17)(H,14,16,18). The lowest BCUT2D eigenvalue weighted by atomic mass is 10.1. The van der Waals surface area contributed by atoms with Crippen molar-refractivity contribution in [1.29, 1.82) is 0 Å². The Bertz CT molecular complexity index is 690. The van der Waals surface area contributed by atoms with Crippen molar-refractivity contribution in [3.05, 3.63) is 54.5 Å². The van der Waals surface area contributed by atoms with Gasteiger partial charge in [-0.15, -0.1) is 0 Å². The summed E-state index contributed by atoms with van der Waals surface area (Å²) in [6, 6.07) is 8.96.